The molecule has 1 N–H and O–H groups in total. The molecule has 108 valence electrons. The summed E-state index contributed by atoms with van der Waals surface area (Å²) in [5.74, 6) is 0. The molecule has 0 saturated carbocycles. The number of halogens is 2. The highest BCUT2D eigenvalue weighted by Gasteiger charge is 2.19. The molecule has 0 bridgehead atoms. The van der Waals surface area contributed by atoms with E-state index in [0.717, 1.165) is 42.4 Å². The van der Waals surface area contributed by atoms with Crippen LogP contribution in [0.25, 0.3) is 10.9 Å². The minimum absolute atomic E-state index is 0. The Balaban J connectivity index is 0.00000147. The molecule has 1 aromatic heterocycles. The summed E-state index contributed by atoms with van der Waals surface area (Å²) in [6.45, 7) is 8.23. The van der Waals surface area contributed by atoms with E-state index in [1.54, 1.807) is 6.20 Å². The summed E-state index contributed by atoms with van der Waals surface area (Å²) in [4.78, 5) is 6.89. The van der Waals surface area contributed by atoms with Gasteiger partial charge in [0, 0.05) is 37.8 Å². The fraction of sp³-hybridized carbons (Fsp3) is 0.400. The third-order valence-electron chi connectivity index (χ3n) is 3.79. The maximum Gasteiger partial charge on any atom is 0.0829 e. The van der Waals surface area contributed by atoms with Crippen molar-refractivity contribution in [2.24, 2.45) is 0 Å². The van der Waals surface area contributed by atoms with Gasteiger partial charge in [-0.15, -0.1) is 12.4 Å². The predicted octanol–water partition coefficient (Wildman–Crippen LogP) is 3.34. The second-order valence-electron chi connectivity index (χ2n) is 5.11. The third kappa shape index (κ3) is 2.58. The Morgan fingerprint density at radius 1 is 1.15 bits per heavy atom. The zero-order chi connectivity index (χ0) is 13.4. The van der Waals surface area contributed by atoms with Crippen molar-refractivity contribution in [1.82, 2.24) is 10.3 Å². The first-order valence-electron chi connectivity index (χ1n) is 6.68. The first-order chi connectivity index (χ1) is 9.18. The van der Waals surface area contributed by atoms with Crippen molar-refractivity contribution in [3.63, 3.8) is 0 Å². The van der Waals surface area contributed by atoms with E-state index < -0.39 is 0 Å². The number of rotatable bonds is 1. The average molecular weight is 312 g/mol. The Morgan fingerprint density at radius 3 is 2.50 bits per heavy atom. The van der Waals surface area contributed by atoms with Crippen LogP contribution in [-0.2, 0) is 0 Å². The maximum atomic E-state index is 6.44. The molecule has 1 aliphatic rings. The zero-order valence-corrected chi connectivity index (χ0v) is 13.3. The standard InChI is InChI=1S/C15H18ClN3.ClH/c1-10-3-4-11(2)14-13(10)15(12(16)9-18-14)19-7-5-17-6-8-19;/h3-4,9,17H,5-8H2,1-2H3;1H. The van der Waals surface area contributed by atoms with Gasteiger partial charge in [0.05, 0.1) is 16.2 Å². The minimum Gasteiger partial charge on any atom is -0.367 e. The molecule has 1 fully saturated rings. The zero-order valence-electron chi connectivity index (χ0n) is 11.7. The molecule has 3 rings (SSSR count). The van der Waals surface area contributed by atoms with Gasteiger partial charge in [0.25, 0.3) is 0 Å². The summed E-state index contributed by atoms with van der Waals surface area (Å²) in [6.07, 6.45) is 1.79. The molecule has 5 heteroatoms. The van der Waals surface area contributed by atoms with Gasteiger partial charge in [-0.05, 0) is 25.0 Å². The van der Waals surface area contributed by atoms with E-state index in [-0.39, 0.29) is 12.4 Å². The van der Waals surface area contributed by atoms with Gasteiger partial charge in [-0.1, -0.05) is 23.7 Å². The summed E-state index contributed by atoms with van der Waals surface area (Å²) >= 11 is 6.44. The van der Waals surface area contributed by atoms with Crippen molar-refractivity contribution in [3.05, 3.63) is 34.5 Å². The average Bonchev–Trinajstić information content (AvgIpc) is 2.44. The predicted molar refractivity (Wildman–Crippen MR) is 88.6 cm³/mol. The van der Waals surface area contributed by atoms with E-state index in [2.05, 4.69) is 41.2 Å². The number of benzene rings is 1. The number of fused-ring (bicyclic) bond motifs is 1. The molecule has 0 aliphatic carbocycles. The van der Waals surface area contributed by atoms with E-state index in [1.165, 1.54) is 16.5 Å². The molecule has 0 unspecified atom stereocenters. The third-order valence-corrected chi connectivity index (χ3v) is 4.07. The van der Waals surface area contributed by atoms with Crippen LogP contribution in [0.15, 0.2) is 18.3 Å². The van der Waals surface area contributed by atoms with Gasteiger partial charge in [-0.25, -0.2) is 0 Å². The Labute approximate surface area is 130 Å². The summed E-state index contributed by atoms with van der Waals surface area (Å²) < 4.78 is 0. The van der Waals surface area contributed by atoms with Crippen LogP contribution in [-0.4, -0.2) is 31.2 Å². The number of hydrogen-bond donors (Lipinski definition) is 1. The molecule has 0 atom stereocenters. The molecular weight excluding hydrogens is 293 g/mol. The number of hydrogen-bond acceptors (Lipinski definition) is 3. The van der Waals surface area contributed by atoms with Crippen LogP contribution < -0.4 is 10.2 Å². The van der Waals surface area contributed by atoms with Crippen molar-refractivity contribution in [2.75, 3.05) is 31.1 Å². The molecule has 0 spiro atoms. The lowest BCUT2D eigenvalue weighted by Crippen LogP contribution is -2.43. The fourth-order valence-corrected chi connectivity index (χ4v) is 3.02. The van der Waals surface area contributed by atoms with Crippen LogP contribution in [0.5, 0.6) is 0 Å². The monoisotopic (exact) mass is 311 g/mol. The smallest absolute Gasteiger partial charge is 0.0829 e. The van der Waals surface area contributed by atoms with Crippen LogP contribution in [0, 0.1) is 13.8 Å². The van der Waals surface area contributed by atoms with E-state index >= 15 is 0 Å². The van der Waals surface area contributed by atoms with Crippen molar-refractivity contribution < 1.29 is 0 Å². The van der Waals surface area contributed by atoms with Crippen molar-refractivity contribution in [2.45, 2.75) is 13.8 Å². The lowest BCUT2D eigenvalue weighted by Gasteiger charge is -2.31. The summed E-state index contributed by atoms with van der Waals surface area (Å²) in [7, 11) is 0. The number of aryl methyl sites for hydroxylation is 2. The molecule has 20 heavy (non-hydrogen) atoms. The van der Waals surface area contributed by atoms with E-state index in [4.69, 9.17) is 11.6 Å². The van der Waals surface area contributed by atoms with Crippen LogP contribution >= 0.6 is 24.0 Å². The second kappa shape index (κ2) is 6.17. The molecule has 1 aromatic carbocycles. The molecule has 0 radical (unpaired) electrons. The van der Waals surface area contributed by atoms with Gasteiger partial charge in [-0.2, -0.15) is 0 Å². The second-order valence-corrected chi connectivity index (χ2v) is 5.52. The lowest BCUT2D eigenvalue weighted by atomic mass is 10.0. The summed E-state index contributed by atoms with van der Waals surface area (Å²) in [5, 5.41) is 5.33. The molecular formula is C15H19Cl2N3. The molecule has 0 amide bonds. The number of nitrogens with one attached hydrogen (secondary N) is 1. The van der Waals surface area contributed by atoms with E-state index in [9.17, 15) is 0 Å². The molecule has 2 aromatic rings. The quantitative estimate of drug-likeness (QED) is 0.875. The summed E-state index contributed by atoms with van der Waals surface area (Å²) in [5.41, 5.74) is 4.66. The van der Waals surface area contributed by atoms with Gasteiger partial charge in [0.15, 0.2) is 0 Å². The van der Waals surface area contributed by atoms with Gasteiger partial charge in [0.1, 0.15) is 0 Å². The van der Waals surface area contributed by atoms with Crippen LogP contribution in [0.1, 0.15) is 11.1 Å². The van der Waals surface area contributed by atoms with Gasteiger partial charge >= 0.3 is 0 Å². The van der Waals surface area contributed by atoms with Crippen LogP contribution in [0.4, 0.5) is 5.69 Å². The minimum atomic E-state index is 0. The van der Waals surface area contributed by atoms with Gasteiger partial charge in [0.2, 0.25) is 0 Å². The SMILES string of the molecule is Cc1ccc(C)c2c(N3CCNCC3)c(Cl)cnc12.Cl. The normalized spacial score (nSPS) is 15.2. The number of anilines is 1. The Hall–Kier alpha value is -1.03. The van der Waals surface area contributed by atoms with Crippen molar-refractivity contribution in [3.8, 4) is 0 Å². The number of pyridine rings is 1. The number of nitrogens with zero attached hydrogens (tertiary/aromatic N) is 2. The topological polar surface area (TPSA) is 28.2 Å². The highest BCUT2D eigenvalue weighted by Crippen LogP contribution is 2.36. The van der Waals surface area contributed by atoms with E-state index in [0.29, 0.717) is 0 Å². The van der Waals surface area contributed by atoms with Crippen LogP contribution in [0.3, 0.4) is 0 Å². The fourth-order valence-electron chi connectivity index (χ4n) is 2.76. The number of aromatic nitrogens is 1. The maximum absolute atomic E-state index is 6.44. The molecule has 1 aliphatic heterocycles. The first kappa shape index (κ1) is 15.4. The Bertz CT molecular complexity index is 622. The highest BCUT2D eigenvalue weighted by atomic mass is 35.5. The Morgan fingerprint density at radius 2 is 1.80 bits per heavy atom. The molecule has 3 nitrogen and oxygen atoms in total. The first-order valence-corrected chi connectivity index (χ1v) is 7.06. The molecule has 1 saturated heterocycles. The van der Waals surface area contributed by atoms with Gasteiger partial charge < -0.3 is 10.2 Å². The van der Waals surface area contributed by atoms with Crippen molar-refractivity contribution >= 4 is 40.6 Å². The Kier molecular flexibility index (Phi) is 4.74. The molecule has 2 heterocycles. The largest absolute Gasteiger partial charge is 0.367 e. The van der Waals surface area contributed by atoms with Crippen molar-refractivity contribution in [1.29, 1.82) is 0 Å². The lowest BCUT2D eigenvalue weighted by molar-refractivity contribution is 0.590. The summed E-state index contributed by atoms with van der Waals surface area (Å²) in [6, 6.07) is 4.28. The van der Waals surface area contributed by atoms with Gasteiger partial charge in [-0.3, -0.25) is 4.98 Å². The highest BCUT2D eigenvalue weighted by molar-refractivity contribution is 6.34. The number of piperazine rings is 1. The van der Waals surface area contributed by atoms with Crippen LogP contribution in [0.2, 0.25) is 5.02 Å². The van der Waals surface area contributed by atoms with E-state index in [1.807, 2.05) is 0 Å².